The Hall–Kier alpha value is -1.29. The first-order valence-electron chi connectivity index (χ1n) is 4.30. The van der Waals surface area contributed by atoms with Crippen LogP contribution in [0.4, 0.5) is 4.39 Å². The Kier molecular flexibility index (Phi) is 2.96. The predicted molar refractivity (Wildman–Crippen MR) is 52.0 cm³/mol. The Morgan fingerprint density at radius 2 is 2.14 bits per heavy atom. The summed E-state index contributed by atoms with van der Waals surface area (Å²) in [5, 5.41) is 9.59. The molecule has 0 fully saturated rings. The Balaban J connectivity index is 3.40. The number of rotatable bonds is 2. The first kappa shape index (κ1) is 10.8. The average molecular weight is 199 g/mol. The highest BCUT2D eigenvalue weighted by atomic mass is 19.1. The van der Waals surface area contributed by atoms with Gasteiger partial charge in [-0.25, -0.2) is 4.39 Å². The first-order valence-corrected chi connectivity index (χ1v) is 4.30. The average Bonchev–Trinajstić information content (AvgIpc) is 2.12. The van der Waals surface area contributed by atoms with Gasteiger partial charge in [-0.15, -0.1) is 0 Å². The van der Waals surface area contributed by atoms with Crippen molar-refractivity contribution in [1.29, 1.82) is 0 Å². The van der Waals surface area contributed by atoms with Crippen molar-refractivity contribution in [2.24, 2.45) is 5.73 Å². The Bertz CT molecular complexity index is 350. The minimum absolute atomic E-state index is 0.132. The molecule has 1 aromatic carbocycles. The van der Waals surface area contributed by atoms with Crippen LogP contribution >= 0.6 is 0 Å². The molecule has 3 N–H and O–H groups in total. The van der Waals surface area contributed by atoms with Gasteiger partial charge in [0.1, 0.15) is 0 Å². The summed E-state index contributed by atoms with van der Waals surface area (Å²) in [5.41, 5.74) is 6.76. The second kappa shape index (κ2) is 3.84. The van der Waals surface area contributed by atoms with Gasteiger partial charge in [-0.1, -0.05) is 0 Å². The number of hydrogen-bond acceptors (Lipinski definition) is 3. The molecule has 0 radical (unpaired) electrons. The van der Waals surface area contributed by atoms with E-state index >= 15 is 0 Å². The normalized spacial score (nSPS) is 12.6. The van der Waals surface area contributed by atoms with E-state index in [0.29, 0.717) is 11.1 Å². The van der Waals surface area contributed by atoms with E-state index in [4.69, 9.17) is 10.5 Å². The fraction of sp³-hybridized carbons (Fsp3) is 0.400. The van der Waals surface area contributed by atoms with Crippen LogP contribution in [0.25, 0.3) is 0 Å². The number of benzene rings is 1. The maximum Gasteiger partial charge on any atom is 0.196 e. The van der Waals surface area contributed by atoms with Gasteiger partial charge in [0.05, 0.1) is 7.11 Å². The molecule has 0 saturated heterocycles. The fourth-order valence-electron chi connectivity index (χ4n) is 1.40. The Labute approximate surface area is 82.3 Å². The highest BCUT2D eigenvalue weighted by Crippen LogP contribution is 2.36. The van der Waals surface area contributed by atoms with Gasteiger partial charge in [-0.2, -0.15) is 0 Å². The van der Waals surface area contributed by atoms with Crippen molar-refractivity contribution in [2.75, 3.05) is 7.11 Å². The van der Waals surface area contributed by atoms with Crippen molar-refractivity contribution in [3.05, 3.63) is 23.0 Å². The molecule has 3 nitrogen and oxygen atoms in total. The molecule has 78 valence electrons. The van der Waals surface area contributed by atoms with Gasteiger partial charge in [-0.05, 0) is 31.0 Å². The summed E-state index contributed by atoms with van der Waals surface area (Å²) in [7, 11) is 1.31. The lowest BCUT2D eigenvalue weighted by Crippen LogP contribution is -2.08. The maximum absolute atomic E-state index is 13.3. The third-order valence-electron chi connectivity index (χ3n) is 2.20. The van der Waals surface area contributed by atoms with Crippen LogP contribution in [-0.2, 0) is 0 Å². The summed E-state index contributed by atoms with van der Waals surface area (Å²) < 4.78 is 18.0. The van der Waals surface area contributed by atoms with Gasteiger partial charge >= 0.3 is 0 Å². The van der Waals surface area contributed by atoms with Crippen LogP contribution in [0.2, 0.25) is 0 Å². The minimum atomic E-state index is -0.595. The zero-order chi connectivity index (χ0) is 10.9. The van der Waals surface area contributed by atoms with Crippen molar-refractivity contribution in [2.45, 2.75) is 19.9 Å². The largest absolute Gasteiger partial charge is 0.504 e. The van der Waals surface area contributed by atoms with E-state index in [1.165, 1.54) is 13.2 Å². The van der Waals surface area contributed by atoms with E-state index in [0.717, 1.165) is 0 Å². The van der Waals surface area contributed by atoms with E-state index < -0.39 is 5.82 Å². The lowest BCUT2D eigenvalue weighted by atomic mass is 10.0. The molecule has 1 atom stereocenters. The summed E-state index contributed by atoms with van der Waals surface area (Å²) in [6, 6.07) is 0.972. The molecule has 1 aromatic rings. The number of phenolic OH excluding ortho intramolecular Hbond substituents is 1. The number of aromatic hydroxyl groups is 1. The van der Waals surface area contributed by atoms with Crippen LogP contribution in [0.15, 0.2) is 6.07 Å². The molecular formula is C10H14FNO2. The van der Waals surface area contributed by atoms with Gasteiger partial charge in [0, 0.05) is 6.04 Å². The van der Waals surface area contributed by atoms with Gasteiger partial charge in [0.15, 0.2) is 17.3 Å². The zero-order valence-electron chi connectivity index (χ0n) is 8.47. The molecule has 0 aliphatic rings. The van der Waals surface area contributed by atoms with Crippen LogP contribution < -0.4 is 10.5 Å². The van der Waals surface area contributed by atoms with Gasteiger partial charge in [0.2, 0.25) is 0 Å². The van der Waals surface area contributed by atoms with Crippen LogP contribution in [-0.4, -0.2) is 12.2 Å². The molecular weight excluding hydrogens is 185 g/mol. The second-order valence-corrected chi connectivity index (χ2v) is 3.24. The zero-order valence-corrected chi connectivity index (χ0v) is 8.47. The Morgan fingerprint density at radius 3 is 2.57 bits per heavy atom. The lowest BCUT2D eigenvalue weighted by molar-refractivity contribution is 0.348. The minimum Gasteiger partial charge on any atom is -0.504 e. The number of halogens is 1. The van der Waals surface area contributed by atoms with E-state index in [1.54, 1.807) is 13.8 Å². The molecule has 0 aromatic heterocycles. The monoisotopic (exact) mass is 199 g/mol. The molecule has 0 heterocycles. The summed E-state index contributed by atoms with van der Waals surface area (Å²) in [6.07, 6.45) is 0. The van der Waals surface area contributed by atoms with Crippen molar-refractivity contribution in [1.82, 2.24) is 0 Å². The number of methoxy groups -OCH3 is 1. The van der Waals surface area contributed by atoms with Gasteiger partial charge in [-0.3, -0.25) is 0 Å². The molecule has 0 aliphatic carbocycles. The SMILES string of the molecule is COc1c(F)cc(C(C)N)c(C)c1O. The first-order chi connectivity index (χ1) is 6.49. The Morgan fingerprint density at radius 1 is 1.57 bits per heavy atom. The maximum atomic E-state index is 13.3. The van der Waals surface area contributed by atoms with Crippen LogP contribution in [0.5, 0.6) is 11.5 Å². The van der Waals surface area contributed by atoms with Crippen LogP contribution in [0.1, 0.15) is 24.1 Å². The lowest BCUT2D eigenvalue weighted by Gasteiger charge is -2.14. The van der Waals surface area contributed by atoms with E-state index in [2.05, 4.69) is 0 Å². The highest BCUT2D eigenvalue weighted by molar-refractivity contribution is 5.50. The molecule has 0 aliphatic heterocycles. The number of phenols is 1. The number of nitrogens with two attached hydrogens (primary N) is 1. The van der Waals surface area contributed by atoms with Gasteiger partial charge in [0.25, 0.3) is 0 Å². The van der Waals surface area contributed by atoms with Crippen molar-refractivity contribution in [3.63, 3.8) is 0 Å². The fourth-order valence-corrected chi connectivity index (χ4v) is 1.40. The topological polar surface area (TPSA) is 55.5 Å². The summed E-state index contributed by atoms with van der Waals surface area (Å²) in [6.45, 7) is 3.41. The van der Waals surface area contributed by atoms with Gasteiger partial charge < -0.3 is 15.6 Å². The standard InChI is InChI=1S/C10H14FNO2/c1-5-7(6(2)12)4-8(11)10(14-3)9(5)13/h4,6,13H,12H2,1-3H3. The molecule has 0 bridgehead atoms. The molecule has 0 amide bonds. The quantitative estimate of drug-likeness (QED) is 0.764. The third kappa shape index (κ3) is 1.65. The summed E-state index contributed by atoms with van der Waals surface area (Å²) in [4.78, 5) is 0. The van der Waals surface area contributed by atoms with Crippen LogP contribution in [0, 0.1) is 12.7 Å². The molecule has 4 heteroatoms. The van der Waals surface area contributed by atoms with Crippen molar-refractivity contribution in [3.8, 4) is 11.5 Å². The summed E-state index contributed by atoms with van der Waals surface area (Å²) >= 11 is 0. The molecule has 1 unspecified atom stereocenters. The number of hydrogen-bond donors (Lipinski definition) is 2. The third-order valence-corrected chi connectivity index (χ3v) is 2.20. The second-order valence-electron chi connectivity index (χ2n) is 3.24. The molecule has 1 rings (SSSR count). The molecule has 0 spiro atoms. The molecule has 14 heavy (non-hydrogen) atoms. The van der Waals surface area contributed by atoms with Crippen molar-refractivity contribution >= 4 is 0 Å². The highest BCUT2D eigenvalue weighted by Gasteiger charge is 2.17. The van der Waals surface area contributed by atoms with E-state index in [1.807, 2.05) is 0 Å². The molecule has 0 saturated carbocycles. The van der Waals surface area contributed by atoms with Crippen LogP contribution in [0.3, 0.4) is 0 Å². The smallest absolute Gasteiger partial charge is 0.196 e. The van der Waals surface area contributed by atoms with E-state index in [9.17, 15) is 9.50 Å². The predicted octanol–water partition coefficient (Wildman–Crippen LogP) is 1.87. The van der Waals surface area contributed by atoms with E-state index in [-0.39, 0.29) is 17.5 Å². The van der Waals surface area contributed by atoms with Crippen molar-refractivity contribution < 1.29 is 14.2 Å². The number of ether oxygens (including phenoxy) is 1. The summed E-state index contributed by atoms with van der Waals surface area (Å²) in [5.74, 6) is -0.908.